The van der Waals surface area contributed by atoms with Crippen molar-refractivity contribution < 1.29 is 4.79 Å². The average molecular weight is 375 g/mol. The first kappa shape index (κ1) is 16.1. The number of fused-ring (bicyclic) bond motifs is 2. The fourth-order valence-corrected chi connectivity index (χ4v) is 4.53. The molecule has 0 aliphatic heterocycles. The zero-order valence-electron chi connectivity index (χ0n) is 15.6. The van der Waals surface area contributed by atoms with Crippen molar-refractivity contribution in [3.8, 4) is 0 Å². The van der Waals surface area contributed by atoms with Crippen LogP contribution in [-0.4, -0.2) is 16.1 Å². The van der Waals surface area contributed by atoms with Gasteiger partial charge in [-0.25, -0.2) is 0 Å². The molecule has 0 radical (unpaired) electrons. The second-order valence-corrected chi connectivity index (χ2v) is 7.37. The van der Waals surface area contributed by atoms with Gasteiger partial charge in [-0.2, -0.15) is 5.10 Å². The van der Waals surface area contributed by atoms with Crippen molar-refractivity contribution in [2.24, 2.45) is 0 Å². The van der Waals surface area contributed by atoms with Crippen LogP contribution in [0.2, 0.25) is 0 Å². The molecule has 1 aromatic heterocycles. The van der Waals surface area contributed by atoms with E-state index in [9.17, 15) is 4.79 Å². The van der Waals surface area contributed by atoms with E-state index in [1.165, 1.54) is 43.1 Å². The molecule has 0 aliphatic rings. The number of benzene rings is 5. The third-order valence-corrected chi connectivity index (χ3v) is 5.78. The first-order valence-electron chi connectivity index (χ1n) is 9.66. The zero-order valence-corrected chi connectivity index (χ0v) is 15.6. The lowest BCUT2D eigenvalue weighted by molar-refractivity contribution is 0.0946. The molecule has 1 amide bonds. The highest BCUT2D eigenvalue weighted by Crippen LogP contribution is 2.41. The monoisotopic (exact) mass is 375 g/mol. The first-order chi connectivity index (χ1) is 14.3. The van der Waals surface area contributed by atoms with Crippen molar-refractivity contribution in [3.05, 3.63) is 90.3 Å². The molecule has 4 heteroatoms. The van der Waals surface area contributed by atoms with Crippen LogP contribution in [0.15, 0.2) is 79.0 Å². The van der Waals surface area contributed by atoms with Gasteiger partial charge in [0.1, 0.15) is 5.69 Å². The van der Waals surface area contributed by atoms with Gasteiger partial charge >= 0.3 is 0 Å². The van der Waals surface area contributed by atoms with E-state index in [0.717, 1.165) is 5.56 Å². The maximum atomic E-state index is 12.4. The van der Waals surface area contributed by atoms with E-state index >= 15 is 0 Å². The Kier molecular flexibility index (Phi) is 3.35. The summed E-state index contributed by atoms with van der Waals surface area (Å²) in [5, 5.41) is 19.6. The van der Waals surface area contributed by atoms with Crippen LogP contribution in [-0.2, 0) is 6.54 Å². The lowest BCUT2D eigenvalue weighted by Crippen LogP contribution is -2.23. The fraction of sp³-hybridized carbons (Fsp3) is 0.0400. The van der Waals surface area contributed by atoms with Gasteiger partial charge in [-0.05, 0) is 54.7 Å². The van der Waals surface area contributed by atoms with Gasteiger partial charge in [-0.1, -0.05) is 66.7 Å². The van der Waals surface area contributed by atoms with E-state index in [4.69, 9.17) is 0 Å². The van der Waals surface area contributed by atoms with Crippen LogP contribution in [0, 0.1) is 0 Å². The number of aromatic nitrogens is 2. The van der Waals surface area contributed by atoms with Crippen LogP contribution in [0.25, 0.3) is 43.1 Å². The van der Waals surface area contributed by atoms with Crippen LogP contribution in [0.4, 0.5) is 0 Å². The molecule has 0 aliphatic carbocycles. The zero-order chi connectivity index (χ0) is 19.4. The SMILES string of the molecule is O=C(NCc1ccc2cccc3c4cccc5cccc(c1c23)c54)c1ccn[nH]1. The molecule has 0 saturated heterocycles. The van der Waals surface area contributed by atoms with Crippen LogP contribution in [0.1, 0.15) is 16.1 Å². The molecule has 29 heavy (non-hydrogen) atoms. The maximum Gasteiger partial charge on any atom is 0.269 e. The summed E-state index contributed by atoms with van der Waals surface area (Å²) in [6, 6.07) is 25.4. The minimum atomic E-state index is -0.155. The number of hydrogen-bond donors (Lipinski definition) is 2. The summed E-state index contributed by atoms with van der Waals surface area (Å²) in [6.07, 6.45) is 1.58. The van der Waals surface area contributed by atoms with Crippen molar-refractivity contribution in [3.63, 3.8) is 0 Å². The number of aromatic amines is 1. The number of amides is 1. The summed E-state index contributed by atoms with van der Waals surface area (Å²) in [6.45, 7) is 0.454. The van der Waals surface area contributed by atoms with Crippen molar-refractivity contribution in [2.45, 2.75) is 6.54 Å². The van der Waals surface area contributed by atoms with Gasteiger partial charge in [0.2, 0.25) is 0 Å². The number of carbonyl (C=O) groups is 1. The summed E-state index contributed by atoms with van der Waals surface area (Å²) >= 11 is 0. The van der Waals surface area contributed by atoms with Crippen molar-refractivity contribution in [1.29, 1.82) is 0 Å². The summed E-state index contributed by atoms with van der Waals surface area (Å²) in [5.41, 5.74) is 1.58. The van der Waals surface area contributed by atoms with E-state index in [-0.39, 0.29) is 5.91 Å². The van der Waals surface area contributed by atoms with E-state index in [2.05, 4.69) is 82.2 Å². The molecule has 6 aromatic rings. The molecule has 0 saturated carbocycles. The second kappa shape index (κ2) is 6.04. The maximum absolute atomic E-state index is 12.4. The van der Waals surface area contributed by atoms with Gasteiger partial charge in [0, 0.05) is 12.7 Å². The highest BCUT2D eigenvalue weighted by atomic mass is 16.1. The topological polar surface area (TPSA) is 57.8 Å². The molecule has 1 heterocycles. The number of nitrogens with zero attached hydrogens (tertiary/aromatic N) is 1. The standard InChI is InChI=1S/C25H17N3O/c29-25(21-12-13-27-28-21)26-14-17-11-10-16-6-2-8-19-18-7-1-4-15-5-3-9-20(22(15)18)24(17)23(16)19/h1-13H,14H2,(H,26,29)(H,27,28). The van der Waals surface area contributed by atoms with Gasteiger partial charge in [0.15, 0.2) is 0 Å². The van der Waals surface area contributed by atoms with E-state index in [1.54, 1.807) is 12.3 Å². The molecule has 0 unspecified atom stereocenters. The molecule has 0 bridgehead atoms. The molecule has 6 rings (SSSR count). The Balaban J connectivity index is 1.64. The lowest BCUT2D eigenvalue weighted by Gasteiger charge is -2.17. The van der Waals surface area contributed by atoms with Gasteiger partial charge in [-0.3, -0.25) is 9.89 Å². The van der Waals surface area contributed by atoms with Crippen molar-refractivity contribution in [1.82, 2.24) is 15.5 Å². The smallest absolute Gasteiger partial charge is 0.269 e. The Morgan fingerprint density at radius 3 is 2.17 bits per heavy atom. The van der Waals surface area contributed by atoms with Crippen molar-refractivity contribution in [2.75, 3.05) is 0 Å². The number of nitrogens with one attached hydrogen (secondary N) is 2. The minimum absolute atomic E-state index is 0.155. The van der Waals surface area contributed by atoms with Gasteiger partial charge < -0.3 is 5.32 Å². The highest BCUT2D eigenvalue weighted by Gasteiger charge is 2.16. The molecule has 0 spiro atoms. The van der Waals surface area contributed by atoms with Crippen LogP contribution in [0.3, 0.4) is 0 Å². The Bertz CT molecular complexity index is 1510. The van der Waals surface area contributed by atoms with E-state index in [0.29, 0.717) is 12.2 Å². The third-order valence-electron chi connectivity index (χ3n) is 5.78. The van der Waals surface area contributed by atoms with E-state index < -0.39 is 0 Å². The summed E-state index contributed by atoms with van der Waals surface area (Å²) < 4.78 is 0. The Morgan fingerprint density at radius 1 is 0.759 bits per heavy atom. The second-order valence-electron chi connectivity index (χ2n) is 7.37. The molecule has 0 atom stereocenters. The van der Waals surface area contributed by atoms with Gasteiger partial charge in [0.05, 0.1) is 0 Å². The van der Waals surface area contributed by atoms with Gasteiger partial charge in [-0.15, -0.1) is 0 Å². The number of H-pyrrole nitrogens is 1. The number of rotatable bonds is 3. The summed E-state index contributed by atoms with van der Waals surface area (Å²) in [4.78, 5) is 12.4. The molecule has 5 aromatic carbocycles. The predicted molar refractivity (Wildman–Crippen MR) is 117 cm³/mol. The quantitative estimate of drug-likeness (QED) is 0.322. The van der Waals surface area contributed by atoms with Crippen LogP contribution in [0.5, 0.6) is 0 Å². The largest absolute Gasteiger partial charge is 0.347 e. The molecular formula is C25H17N3O. The summed E-state index contributed by atoms with van der Waals surface area (Å²) in [5.74, 6) is -0.155. The number of carbonyl (C=O) groups excluding carboxylic acids is 1. The normalized spacial score (nSPS) is 11.7. The predicted octanol–water partition coefficient (Wildman–Crippen LogP) is 5.39. The Labute approximate surface area is 166 Å². The fourth-order valence-electron chi connectivity index (χ4n) is 4.53. The molecule has 0 fully saturated rings. The van der Waals surface area contributed by atoms with Crippen LogP contribution < -0.4 is 5.32 Å². The Morgan fingerprint density at radius 2 is 1.45 bits per heavy atom. The third kappa shape index (κ3) is 2.32. The summed E-state index contributed by atoms with van der Waals surface area (Å²) in [7, 11) is 0. The Hall–Kier alpha value is -3.92. The van der Waals surface area contributed by atoms with Crippen molar-refractivity contribution >= 4 is 49.0 Å². The highest BCUT2D eigenvalue weighted by molar-refractivity contribution is 6.33. The first-order valence-corrected chi connectivity index (χ1v) is 9.66. The van der Waals surface area contributed by atoms with E-state index in [1.807, 2.05) is 0 Å². The number of hydrogen-bond acceptors (Lipinski definition) is 2. The molecule has 4 nitrogen and oxygen atoms in total. The molecule has 2 N–H and O–H groups in total. The minimum Gasteiger partial charge on any atom is -0.347 e. The molecule has 138 valence electrons. The average Bonchev–Trinajstić information content (AvgIpc) is 3.31. The lowest BCUT2D eigenvalue weighted by atomic mass is 9.88. The molecular weight excluding hydrogens is 358 g/mol. The van der Waals surface area contributed by atoms with Gasteiger partial charge in [0.25, 0.3) is 5.91 Å². The van der Waals surface area contributed by atoms with Crippen LogP contribution >= 0.6 is 0 Å².